The van der Waals surface area contributed by atoms with Crippen LogP contribution in [0.2, 0.25) is 0 Å². The average molecular weight is 288 g/mol. The zero-order chi connectivity index (χ0) is 15.0. The van der Waals surface area contributed by atoms with Crippen LogP contribution in [0.15, 0.2) is 24.3 Å². The van der Waals surface area contributed by atoms with Crippen molar-refractivity contribution in [2.75, 3.05) is 33.0 Å². The average Bonchev–Trinajstić information content (AvgIpc) is 2.77. The third-order valence-electron chi connectivity index (χ3n) is 3.70. The van der Waals surface area contributed by atoms with E-state index in [4.69, 9.17) is 15.2 Å². The summed E-state index contributed by atoms with van der Waals surface area (Å²) in [6, 6.07) is 7.68. The SMILES string of the molecule is COc1cc(-c2cc(N)n(C)n2)ccc1OC1CN(C)C1. The van der Waals surface area contributed by atoms with E-state index in [-0.39, 0.29) is 6.10 Å². The molecule has 21 heavy (non-hydrogen) atoms. The molecule has 1 aliphatic heterocycles. The lowest BCUT2D eigenvalue weighted by atomic mass is 10.1. The minimum atomic E-state index is 0.236. The Hall–Kier alpha value is -2.21. The molecular formula is C15H20N4O2. The first-order valence-electron chi connectivity index (χ1n) is 6.90. The normalized spacial score (nSPS) is 15.8. The summed E-state index contributed by atoms with van der Waals surface area (Å²) in [5, 5.41) is 4.37. The molecule has 2 N–H and O–H groups in total. The highest BCUT2D eigenvalue weighted by Gasteiger charge is 2.26. The van der Waals surface area contributed by atoms with Crippen molar-refractivity contribution in [1.82, 2.24) is 14.7 Å². The fraction of sp³-hybridized carbons (Fsp3) is 0.400. The predicted molar refractivity (Wildman–Crippen MR) is 81.5 cm³/mol. The fourth-order valence-electron chi connectivity index (χ4n) is 2.44. The molecule has 112 valence electrons. The van der Waals surface area contributed by atoms with Crippen LogP contribution in [0.1, 0.15) is 0 Å². The molecule has 0 saturated carbocycles. The standard InChI is InChI=1S/C15H20N4O2/c1-18-8-11(9-18)21-13-5-4-10(6-14(13)20-3)12-7-15(16)19(2)17-12/h4-7,11H,8-9,16H2,1-3H3. The van der Waals surface area contributed by atoms with Gasteiger partial charge in [0.25, 0.3) is 0 Å². The summed E-state index contributed by atoms with van der Waals surface area (Å²) in [6.07, 6.45) is 0.236. The van der Waals surface area contributed by atoms with Crippen LogP contribution in [0.3, 0.4) is 0 Å². The van der Waals surface area contributed by atoms with Crippen molar-refractivity contribution in [2.45, 2.75) is 6.10 Å². The molecule has 1 fully saturated rings. The number of anilines is 1. The zero-order valence-electron chi connectivity index (χ0n) is 12.5. The molecule has 0 bridgehead atoms. The number of aryl methyl sites for hydroxylation is 1. The Morgan fingerprint density at radius 3 is 2.52 bits per heavy atom. The van der Waals surface area contributed by atoms with E-state index in [0.717, 1.165) is 30.1 Å². The number of hydrogen-bond donors (Lipinski definition) is 1. The molecule has 2 aromatic rings. The van der Waals surface area contributed by atoms with Crippen LogP contribution in [0, 0.1) is 0 Å². The van der Waals surface area contributed by atoms with E-state index in [9.17, 15) is 0 Å². The molecule has 0 spiro atoms. The van der Waals surface area contributed by atoms with E-state index < -0.39 is 0 Å². The Labute approximate surface area is 124 Å². The van der Waals surface area contributed by atoms with Crippen molar-refractivity contribution in [3.05, 3.63) is 24.3 Å². The van der Waals surface area contributed by atoms with Gasteiger partial charge in [-0.15, -0.1) is 0 Å². The molecule has 1 aromatic heterocycles. The maximum Gasteiger partial charge on any atom is 0.161 e. The number of likely N-dealkylation sites (tertiary alicyclic amines) is 1. The Morgan fingerprint density at radius 2 is 1.95 bits per heavy atom. The number of methoxy groups -OCH3 is 1. The number of benzene rings is 1. The van der Waals surface area contributed by atoms with Gasteiger partial charge in [-0.05, 0) is 25.2 Å². The number of likely N-dealkylation sites (N-methyl/N-ethyl adjacent to an activating group) is 1. The van der Waals surface area contributed by atoms with Gasteiger partial charge >= 0.3 is 0 Å². The first kappa shape index (κ1) is 13.8. The van der Waals surface area contributed by atoms with Gasteiger partial charge in [0.1, 0.15) is 11.9 Å². The summed E-state index contributed by atoms with van der Waals surface area (Å²) in [5.41, 5.74) is 7.60. The number of ether oxygens (including phenoxy) is 2. The third-order valence-corrected chi connectivity index (χ3v) is 3.70. The van der Waals surface area contributed by atoms with Gasteiger partial charge in [-0.2, -0.15) is 5.10 Å². The van der Waals surface area contributed by atoms with Crippen LogP contribution in [0.4, 0.5) is 5.82 Å². The lowest BCUT2D eigenvalue weighted by Gasteiger charge is -2.36. The van der Waals surface area contributed by atoms with E-state index in [2.05, 4.69) is 17.0 Å². The molecular weight excluding hydrogens is 268 g/mol. The topological polar surface area (TPSA) is 65.5 Å². The number of aromatic nitrogens is 2. The van der Waals surface area contributed by atoms with Gasteiger partial charge in [0.2, 0.25) is 0 Å². The molecule has 0 aliphatic carbocycles. The molecule has 1 aliphatic rings. The van der Waals surface area contributed by atoms with Crippen LogP contribution in [0.25, 0.3) is 11.3 Å². The smallest absolute Gasteiger partial charge is 0.161 e. The third kappa shape index (κ3) is 2.67. The van der Waals surface area contributed by atoms with E-state index in [1.807, 2.05) is 31.3 Å². The summed E-state index contributed by atoms with van der Waals surface area (Å²) in [6.45, 7) is 1.89. The first-order valence-corrected chi connectivity index (χ1v) is 6.90. The highest BCUT2D eigenvalue weighted by Crippen LogP contribution is 2.33. The van der Waals surface area contributed by atoms with E-state index in [1.54, 1.807) is 11.8 Å². The van der Waals surface area contributed by atoms with Crippen molar-refractivity contribution in [3.63, 3.8) is 0 Å². The minimum absolute atomic E-state index is 0.236. The first-order chi connectivity index (χ1) is 10.1. The van der Waals surface area contributed by atoms with Crippen LogP contribution < -0.4 is 15.2 Å². The van der Waals surface area contributed by atoms with E-state index in [1.165, 1.54) is 0 Å². The number of hydrogen-bond acceptors (Lipinski definition) is 5. The summed E-state index contributed by atoms with van der Waals surface area (Å²) in [5.74, 6) is 2.11. The van der Waals surface area contributed by atoms with E-state index in [0.29, 0.717) is 11.6 Å². The summed E-state index contributed by atoms with van der Waals surface area (Å²) < 4.78 is 13.0. The Morgan fingerprint density at radius 1 is 1.19 bits per heavy atom. The van der Waals surface area contributed by atoms with Crippen molar-refractivity contribution < 1.29 is 9.47 Å². The second kappa shape index (κ2) is 5.29. The predicted octanol–water partition coefficient (Wildman–Crippen LogP) is 1.37. The second-order valence-corrected chi connectivity index (χ2v) is 5.40. The van der Waals surface area contributed by atoms with Crippen molar-refractivity contribution in [2.24, 2.45) is 7.05 Å². The van der Waals surface area contributed by atoms with Crippen molar-refractivity contribution in [3.8, 4) is 22.8 Å². The van der Waals surface area contributed by atoms with E-state index >= 15 is 0 Å². The van der Waals surface area contributed by atoms with Crippen LogP contribution in [-0.4, -0.2) is 48.0 Å². The Balaban J connectivity index is 1.84. The van der Waals surface area contributed by atoms with Crippen LogP contribution in [-0.2, 0) is 7.05 Å². The molecule has 0 unspecified atom stereocenters. The van der Waals surface area contributed by atoms with Gasteiger partial charge in [0.15, 0.2) is 11.5 Å². The van der Waals surface area contributed by atoms with Crippen molar-refractivity contribution >= 4 is 5.82 Å². The lowest BCUT2D eigenvalue weighted by Crippen LogP contribution is -2.51. The molecule has 2 heterocycles. The molecule has 0 atom stereocenters. The second-order valence-electron chi connectivity index (χ2n) is 5.40. The van der Waals surface area contributed by atoms with Gasteiger partial charge in [-0.3, -0.25) is 9.58 Å². The molecule has 1 aromatic carbocycles. The van der Waals surface area contributed by atoms with Gasteiger partial charge in [-0.25, -0.2) is 0 Å². The van der Waals surface area contributed by atoms with Crippen molar-refractivity contribution in [1.29, 1.82) is 0 Å². The number of nitrogen functional groups attached to an aromatic ring is 1. The molecule has 1 saturated heterocycles. The van der Waals surface area contributed by atoms with Gasteiger partial charge < -0.3 is 15.2 Å². The maximum atomic E-state index is 5.95. The Bertz CT molecular complexity index is 628. The number of nitrogens with zero attached hydrogens (tertiary/aromatic N) is 3. The highest BCUT2D eigenvalue weighted by molar-refractivity contribution is 5.66. The molecule has 6 heteroatoms. The fourth-order valence-corrected chi connectivity index (χ4v) is 2.44. The lowest BCUT2D eigenvalue weighted by molar-refractivity contribution is 0.0370. The molecule has 3 rings (SSSR count). The largest absolute Gasteiger partial charge is 0.493 e. The Kier molecular flexibility index (Phi) is 3.47. The summed E-state index contributed by atoms with van der Waals surface area (Å²) >= 11 is 0. The highest BCUT2D eigenvalue weighted by atomic mass is 16.5. The number of nitrogens with two attached hydrogens (primary N) is 1. The molecule has 0 amide bonds. The molecule has 0 radical (unpaired) electrons. The van der Waals surface area contributed by atoms with Crippen LogP contribution >= 0.6 is 0 Å². The van der Waals surface area contributed by atoms with Crippen LogP contribution in [0.5, 0.6) is 11.5 Å². The van der Waals surface area contributed by atoms with Gasteiger partial charge in [0, 0.05) is 31.8 Å². The summed E-state index contributed by atoms with van der Waals surface area (Å²) in [4.78, 5) is 2.21. The van der Waals surface area contributed by atoms with Gasteiger partial charge in [-0.1, -0.05) is 0 Å². The monoisotopic (exact) mass is 288 g/mol. The number of rotatable bonds is 4. The summed E-state index contributed by atoms with van der Waals surface area (Å²) in [7, 11) is 5.54. The molecule has 6 nitrogen and oxygen atoms in total. The zero-order valence-corrected chi connectivity index (χ0v) is 12.5. The quantitative estimate of drug-likeness (QED) is 0.920. The van der Waals surface area contributed by atoms with Gasteiger partial charge in [0.05, 0.1) is 12.8 Å². The minimum Gasteiger partial charge on any atom is -0.493 e. The maximum absolute atomic E-state index is 5.95.